The van der Waals surface area contributed by atoms with Crippen LogP contribution in [0.2, 0.25) is 0 Å². The number of nitrogens with zero attached hydrogens (tertiary/aromatic N) is 1. The molecule has 1 aliphatic heterocycles. The Hall–Kier alpha value is -2.71. The number of likely N-dealkylation sites (tertiary alicyclic amines) is 1. The van der Waals surface area contributed by atoms with E-state index < -0.39 is 0 Å². The molecule has 1 saturated heterocycles. The highest BCUT2D eigenvalue weighted by Gasteiger charge is 2.41. The summed E-state index contributed by atoms with van der Waals surface area (Å²) in [5.41, 5.74) is 3.71. The normalized spacial score (nSPS) is 23.3. The van der Waals surface area contributed by atoms with Crippen molar-refractivity contribution in [2.75, 3.05) is 0 Å². The lowest BCUT2D eigenvalue weighted by atomic mass is 9.79. The van der Waals surface area contributed by atoms with E-state index in [-0.39, 0.29) is 18.0 Å². The topological polar surface area (TPSA) is 20.3 Å². The minimum absolute atomic E-state index is 0.0175. The molecule has 0 N–H and O–H groups in total. The highest BCUT2D eigenvalue weighted by molar-refractivity contribution is 5.83. The van der Waals surface area contributed by atoms with Gasteiger partial charge in [0.05, 0.1) is 0 Å². The summed E-state index contributed by atoms with van der Waals surface area (Å²) in [7, 11) is 0. The van der Waals surface area contributed by atoms with Crippen molar-refractivity contribution in [2.24, 2.45) is 5.92 Å². The fourth-order valence-corrected chi connectivity index (χ4v) is 4.27. The van der Waals surface area contributed by atoms with Gasteiger partial charge in [-0.3, -0.25) is 9.69 Å². The third-order valence-corrected chi connectivity index (χ3v) is 5.67. The van der Waals surface area contributed by atoms with Crippen molar-refractivity contribution < 1.29 is 4.79 Å². The van der Waals surface area contributed by atoms with Gasteiger partial charge in [-0.15, -0.1) is 0 Å². The van der Waals surface area contributed by atoms with Gasteiger partial charge in [-0.2, -0.15) is 0 Å². The van der Waals surface area contributed by atoms with Crippen molar-refractivity contribution in [3.05, 3.63) is 108 Å². The summed E-state index contributed by atoms with van der Waals surface area (Å²) in [5.74, 6) is 0.332. The molecular weight excluding hydrogens is 330 g/mol. The first kappa shape index (κ1) is 17.7. The van der Waals surface area contributed by atoms with E-state index in [9.17, 15) is 4.79 Å². The molecule has 0 aliphatic carbocycles. The van der Waals surface area contributed by atoms with Crippen molar-refractivity contribution >= 4 is 5.78 Å². The highest BCUT2D eigenvalue weighted by Crippen LogP contribution is 2.44. The van der Waals surface area contributed by atoms with Crippen LogP contribution in [0, 0.1) is 5.92 Å². The van der Waals surface area contributed by atoms with E-state index in [4.69, 9.17) is 0 Å². The molecule has 2 nitrogen and oxygen atoms in total. The fraction of sp³-hybridized carbons (Fsp3) is 0.240. The van der Waals surface area contributed by atoms with Crippen molar-refractivity contribution in [3.63, 3.8) is 0 Å². The maximum Gasteiger partial charge on any atom is 0.139 e. The summed E-state index contributed by atoms with van der Waals surface area (Å²) in [4.78, 5) is 15.5. The maximum absolute atomic E-state index is 12.9. The van der Waals surface area contributed by atoms with Gasteiger partial charge in [0.15, 0.2) is 0 Å². The minimum atomic E-state index is -0.0175. The summed E-state index contributed by atoms with van der Waals surface area (Å²) >= 11 is 0. The third kappa shape index (κ3) is 3.72. The molecule has 3 aromatic carbocycles. The van der Waals surface area contributed by atoms with Gasteiger partial charge in [0.25, 0.3) is 0 Å². The molecule has 0 spiro atoms. The van der Waals surface area contributed by atoms with Gasteiger partial charge in [0.2, 0.25) is 0 Å². The number of Topliss-reactive ketones (excluding diaryl/α,β-unsaturated/α-hetero) is 1. The van der Waals surface area contributed by atoms with Crippen LogP contribution in [0.25, 0.3) is 0 Å². The van der Waals surface area contributed by atoms with Crippen LogP contribution in [0.4, 0.5) is 0 Å². The second kappa shape index (κ2) is 7.89. The zero-order chi connectivity index (χ0) is 18.6. The molecule has 3 atom stereocenters. The predicted octanol–water partition coefficient (Wildman–Crippen LogP) is 5.58. The van der Waals surface area contributed by atoms with Crippen molar-refractivity contribution in [1.82, 2.24) is 4.90 Å². The smallest absolute Gasteiger partial charge is 0.139 e. The number of rotatable bonds is 4. The first-order valence-corrected chi connectivity index (χ1v) is 9.66. The Labute approximate surface area is 161 Å². The Morgan fingerprint density at radius 1 is 0.778 bits per heavy atom. The van der Waals surface area contributed by atoms with Crippen LogP contribution < -0.4 is 0 Å². The molecule has 1 fully saturated rings. The molecule has 136 valence electrons. The molecule has 0 bridgehead atoms. The van der Waals surface area contributed by atoms with E-state index >= 15 is 0 Å². The summed E-state index contributed by atoms with van der Waals surface area (Å²) < 4.78 is 0. The first-order valence-electron chi connectivity index (χ1n) is 9.66. The Kier molecular flexibility index (Phi) is 5.17. The number of carbonyl (C=O) groups excluding carboxylic acids is 1. The van der Waals surface area contributed by atoms with Crippen LogP contribution in [0.1, 0.15) is 42.1 Å². The number of carbonyl (C=O) groups is 1. The van der Waals surface area contributed by atoms with Crippen LogP contribution in [-0.2, 0) is 11.3 Å². The zero-order valence-electron chi connectivity index (χ0n) is 15.7. The van der Waals surface area contributed by atoms with E-state index in [1.54, 1.807) is 0 Å². The number of ketones is 1. The Balaban J connectivity index is 1.78. The number of hydrogen-bond acceptors (Lipinski definition) is 2. The Bertz CT molecular complexity index is 876. The van der Waals surface area contributed by atoms with E-state index in [0.717, 1.165) is 6.54 Å². The molecule has 3 aromatic rings. The largest absolute Gasteiger partial charge is 0.299 e. The summed E-state index contributed by atoms with van der Waals surface area (Å²) in [6.45, 7) is 2.91. The third-order valence-electron chi connectivity index (χ3n) is 5.67. The van der Waals surface area contributed by atoms with Gasteiger partial charge in [-0.05, 0) is 16.7 Å². The average Bonchev–Trinajstić information content (AvgIpc) is 2.73. The van der Waals surface area contributed by atoms with Gasteiger partial charge >= 0.3 is 0 Å². The van der Waals surface area contributed by atoms with E-state index in [2.05, 4.69) is 90.7 Å². The van der Waals surface area contributed by atoms with Crippen molar-refractivity contribution in [1.29, 1.82) is 0 Å². The number of piperidine rings is 1. The van der Waals surface area contributed by atoms with Crippen molar-refractivity contribution in [3.8, 4) is 0 Å². The van der Waals surface area contributed by atoms with Crippen molar-refractivity contribution in [2.45, 2.75) is 32.0 Å². The highest BCUT2D eigenvalue weighted by atomic mass is 16.1. The van der Waals surface area contributed by atoms with Crippen LogP contribution in [0.5, 0.6) is 0 Å². The Morgan fingerprint density at radius 2 is 1.30 bits per heavy atom. The van der Waals surface area contributed by atoms with E-state index in [1.165, 1.54) is 16.7 Å². The van der Waals surface area contributed by atoms with E-state index in [0.29, 0.717) is 12.2 Å². The van der Waals surface area contributed by atoms with Gasteiger partial charge in [0.1, 0.15) is 5.78 Å². The van der Waals surface area contributed by atoms with Gasteiger partial charge in [0, 0.05) is 31.0 Å². The predicted molar refractivity (Wildman–Crippen MR) is 109 cm³/mol. The molecule has 0 radical (unpaired) electrons. The second-order valence-corrected chi connectivity index (χ2v) is 7.40. The molecule has 0 aromatic heterocycles. The second-order valence-electron chi connectivity index (χ2n) is 7.40. The Morgan fingerprint density at radius 3 is 1.89 bits per heavy atom. The molecule has 0 saturated carbocycles. The molecular formula is C25H25NO. The SMILES string of the molecule is CC1C(=O)CC(c2ccccc2)N(Cc2ccccc2)C1c1ccccc1. The van der Waals surface area contributed by atoms with Gasteiger partial charge < -0.3 is 0 Å². The van der Waals surface area contributed by atoms with Gasteiger partial charge in [-0.1, -0.05) is 97.9 Å². The number of benzene rings is 3. The standard InChI is InChI=1S/C25H25NO/c1-19-24(27)17-23(21-13-7-3-8-14-21)26(18-20-11-5-2-6-12-20)25(19)22-15-9-4-10-16-22/h2-16,19,23,25H,17-18H2,1H3. The molecule has 1 aliphatic rings. The first-order chi connectivity index (χ1) is 13.2. The van der Waals surface area contributed by atoms with Crippen LogP contribution in [-0.4, -0.2) is 10.7 Å². The van der Waals surface area contributed by atoms with Crippen LogP contribution in [0.3, 0.4) is 0 Å². The fourth-order valence-electron chi connectivity index (χ4n) is 4.27. The molecule has 4 rings (SSSR count). The lowest BCUT2D eigenvalue weighted by molar-refractivity contribution is -0.132. The lowest BCUT2D eigenvalue weighted by Crippen LogP contribution is -2.44. The molecule has 3 unspecified atom stereocenters. The lowest BCUT2D eigenvalue weighted by Gasteiger charge is -2.45. The quantitative estimate of drug-likeness (QED) is 0.609. The molecule has 1 heterocycles. The van der Waals surface area contributed by atoms with E-state index in [1.807, 2.05) is 12.1 Å². The zero-order valence-corrected chi connectivity index (χ0v) is 15.7. The van der Waals surface area contributed by atoms with Crippen LogP contribution in [0.15, 0.2) is 91.0 Å². The molecule has 2 heteroatoms. The monoisotopic (exact) mass is 355 g/mol. The average molecular weight is 355 g/mol. The number of hydrogen-bond donors (Lipinski definition) is 0. The summed E-state index contributed by atoms with van der Waals surface area (Å²) in [6.07, 6.45) is 0.571. The van der Waals surface area contributed by atoms with Gasteiger partial charge in [-0.25, -0.2) is 0 Å². The minimum Gasteiger partial charge on any atom is -0.299 e. The maximum atomic E-state index is 12.9. The molecule has 0 amide bonds. The summed E-state index contributed by atoms with van der Waals surface area (Å²) in [6, 6.07) is 31.7. The summed E-state index contributed by atoms with van der Waals surface area (Å²) in [5, 5.41) is 0. The van der Waals surface area contributed by atoms with Crippen LogP contribution >= 0.6 is 0 Å². The molecule has 27 heavy (non-hydrogen) atoms.